The van der Waals surface area contributed by atoms with E-state index in [-0.39, 0.29) is 23.7 Å². The van der Waals surface area contributed by atoms with Crippen LogP contribution in [0.5, 0.6) is 5.75 Å². The summed E-state index contributed by atoms with van der Waals surface area (Å²) in [6, 6.07) is 16.1. The monoisotopic (exact) mass is 474 g/mol. The number of aryl methyl sites for hydroxylation is 1. The van der Waals surface area contributed by atoms with Crippen LogP contribution in [0.15, 0.2) is 64.1 Å². The van der Waals surface area contributed by atoms with Gasteiger partial charge in [-0.2, -0.15) is 5.10 Å². The Kier molecular flexibility index (Phi) is 7.25. The minimum absolute atomic E-state index is 0.0838. The fourth-order valence-electron chi connectivity index (χ4n) is 4.02. The molecule has 0 bridgehead atoms. The zero-order chi connectivity index (χ0) is 24.8. The van der Waals surface area contributed by atoms with Gasteiger partial charge in [0.25, 0.3) is 5.91 Å². The lowest BCUT2D eigenvalue weighted by Crippen LogP contribution is -2.41. The molecule has 1 heterocycles. The molecule has 1 aliphatic rings. The number of hydrogen-bond acceptors (Lipinski definition) is 6. The first-order valence-corrected chi connectivity index (χ1v) is 11.2. The van der Waals surface area contributed by atoms with Crippen LogP contribution in [0, 0.1) is 6.92 Å². The van der Waals surface area contributed by atoms with Crippen LogP contribution < -0.4 is 21.0 Å². The first-order chi connectivity index (χ1) is 17.0. The summed E-state index contributed by atoms with van der Waals surface area (Å²) < 4.78 is 11.0. The molecule has 35 heavy (non-hydrogen) atoms. The molecule has 0 saturated carbocycles. The highest BCUT2D eigenvalue weighted by atomic mass is 16.5. The maximum Gasteiger partial charge on any atom is 0.305 e. The van der Waals surface area contributed by atoms with E-state index in [0.29, 0.717) is 35.6 Å². The third-order valence-electron chi connectivity index (χ3n) is 5.70. The molecule has 3 aromatic rings. The van der Waals surface area contributed by atoms with Crippen molar-refractivity contribution in [2.45, 2.75) is 32.6 Å². The van der Waals surface area contributed by atoms with Gasteiger partial charge in [-0.25, -0.2) is 5.43 Å². The molecule has 3 N–H and O–H groups in total. The fraction of sp³-hybridized carbons (Fsp3) is 0.231. The van der Waals surface area contributed by atoms with Crippen molar-refractivity contribution in [1.29, 1.82) is 0 Å². The van der Waals surface area contributed by atoms with Crippen molar-refractivity contribution < 1.29 is 23.5 Å². The quantitative estimate of drug-likeness (QED) is 0.474. The molecule has 4 rings (SSSR count). The molecule has 0 fully saturated rings. The summed E-state index contributed by atoms with van der Waals surface area (Å²) in [4.78, 5) is 37.6. The maximum absolute atomic E-state index is 12.8. The van der Waals surface area contributed by atoms with Gasteiger partial charge in [0.15, 0.2) is 5.76 Å². The van der Waals surface area contributed by atoms with Gasteiger partial charge in [-0.1, -0.05) is 42.5 Å². The number of ether oxygens (including phenoxy) is 1. The van der Waals surface area contributed by atoms with Crippen molar-refractivity contribution in [3.05, 3.63) is 88.4 Å². The number of amides is 3. The number of methoxy groups -OCH3 is 1. The first kappa shape index (κ1) is 23.7. The second-order valence-corrected chi connectivity index (χ2v) is 8.07. The van der Waals surface area contributed by atoms with Crippen molar-refractivity contribution in [2.75, 3.05) is 7.11 Å². The number of benzene rings is 2. The smallest absolute Gasteiger partial charge is 0.305 e. The van der Waals surface area contributed by atoms with E-state index in [4.69, 9.17) is 9.15 Å². The summed E-state index contributed by atoms with van der Waals surface area (Å²) in [5, 5.41) is 4.33. The molecule has 0 atom stereocenters. The number of rotatable bonds is 6. The summed E-state index contributed by atoms with van der Waals surface area (Å²) in [5.41, 5.74) is 10.5. The molecule has 0 aliphatic heterocycles. The summed E-state index contributed by atoms with van der Waals surface area (Å²) in [7, 11) is 1.46. The SMILES string of the molecule is COc1ccccc1C(=O)NNC(=O)c1oc2c(c1C)/C(=N/NC(=O)Cc1ccccc1)CCC2. The van der Waals surface area contributed by atoms with E-state index >= 15 is 0 Å². The highest BCUT2D eigenvalue weighted by Crippen LogP contribution is 2.29. The van der Waals surface area contributed by atoms with E-state index < -0.39 is 11.8 Å². The number of hydrogen-bond donors (Lipinski definition) is 3. The van der Waals surface area contributed by atoms with Gasteiger partial charge in [0.2, 0.25) is 5.91 Å². The van der Waals surface area contributed by atoms with Crippen molar-refractivity contribution in [3.63, 3.8) is 0 Å². The average molecular weight is 475 g/mol. The summed E-state index contributed by atoms with van der Waals surface area (Å²) in [5.74, 6) is -0.236. The molecule has 2 aromatic carbocycles. The second kappa shape index (κ2) is 10.7. The van der Waals surface area contributed by atoms with Crippen LogP contribution in [0.4, 0.5) is 0 Å². The van der Waals surface area contributed by atoms with E-state index in [1.807, 2.05) is 30.3 Å². The summed E-state index contributed by atoms with van der Waals surface area (Å²) in [6.07, 6.45) is 2.28. The Labute approximate surface area is 202 Å². The maximum atomic E-state index is 12.8. The topological polar surface area (TPSA) is 122 Å². The van der Waals surface area contributed by atoms with Crippen LogP contribution in [0.1, 0.15) is 56.2 Å². The van der Waals surface area contributed by atoms with Crippen molar-refractivity contribution >= 4 is 23.4 Å². The Balaban J connectivity index is 1.45. The molecule has 0 spiro atoms. The largest absolute Gasteiger partial charge is 0.496 e. The number of nitrogens with zero attached hydrogens (tertiary/aromatic N) is 1. The summed E-state index contributed by atoms with van der Waals surface area (Å²) in [6.45, 7) is 1.76. The number of para-hydroxylation sites is 1. The Morgan fingerprint density at radius 3 is 2.46 bits per heavy atom. The predicted octanol–water partition coefficient (Wildman–Crippen LogP) is 3.07. The molecule has 0 radical (unpaired) electrons. The molecular formula is C26H26N4O5. The highest BCUT2D eigenvalue weighted by Gasteiger charge is 2.28. The fourth-order valence-corrected chi connectivity index (χ4v) is 4.02. The lowest BCUT2D eigenvalue weighted by molar-refractivity contribution is -0.120. The number of fused-ring (bicyclic) bond motifs is 1. The molecule has 3 amide bonds. The molecule has 9 nitrogen and oxygen atoms in total. The molecule has 9 heteroatoms. The van der Waals surface area contributed by atoms with E-state index in [2.05, 4.69) is 21.4 Å². The van der Waals surface area contributed by atoms with Gasteiger partial charge in [-0.3, -0.25) is 25.2 Å². The highest BCUT2D eigenvalue weighted by molar-refractivity contribution is 6.07. The number of hydrazine groups is 1. The van der Waals surface area contributed by atoms with Crippen LogP contribution in [-0.2, 0) is 17.6 Å². The third-order valence-corrected chi connectivity index (χ3v) is 5.70. The number of furan rings is 1. The van der Waals surface area contributed by atoms with Gasteiger partial charge in [0, 0.05) is 17.5 Å². The van der Waals surface area contributed by atoms with Gasteiger partial charge in [0.1, 0.15) is 11.5 Å². The molecule has 0 unspecified atom stereocenters. The molecular weight excluding hydrogens is 448 g/mol. The standard InChI is InChI=1S/C26H26N4O5/c1-16-23-19(27-28-22(31)15-17-9-4-3-5-10-17)12-8-14-21(23)35-24(16)26(33)30-29-25(32)18-11-6-7-13-20(18)34-2/h3-7,9-11,13H,8,12,14-15H2,1-2H3,(H,28,31)(H,29,32)(H,30,33)/b27-19+. The zero-order valence-corrected chi connectivity index (χ0v) is 19.5. The van der Waals surface area contributed by atoms with Crippen LogP contribution in [-0.4, -0.2) is 30.5 Å². The predicted molar refractivity (Wildman–Crippen MR) is 129 cm³/mol. The molecule has 0 saturated heterocycles. The zero-order valence-electron chi connectivity index (χ0n) is 19.5. The normalized spacial score (nSPS) is 13.6. The van der Waals surface area contributed by atoms with E-state index in [0.717, 1.165) is 17.5 Å². The Hall–Kier alpha value is -4.40. The van der Waals surface area contributed by atoms with Gasteiger partial charge in [0.05, 0.1) is 24.8 Å². The van der Waals surface area contributed by atoms with Gasteiger partial charge < -0.3 is 9.15 Å². The van der Waals surface area contributed by atoms with Crippen molar-refractivity contribution in [1.82, 2.24) is 16.3 Å². The molecule has 1 aliphatic carbocycles. The van der Waals surface area contributed by atoms with E-state index in [1.54, 1.807) is 31.2 Å². The van der Waals surface area contributed by atoms with Gasteiger partial charge in [-0.15, -0.1) is 0 Å². The Morgan fingerprint density at radius 2 is 1.69 bits per heavy atom. The van der Waals surface area contributed by atoms with Crippen LogP contribution >= 0.6 is 0 Å². The molecule has 180 valence electrons. The summed E-state index contributed by atoms with van der Waals surface area (Å²) >= 11 is 0. The van der Waals surface area contributed by atoms with E-state index in [1.165, 1.54) is 7.11 Å². The van der Waals surface area contributed by atoms with Crippen molar-refractivity contribution in [2.24, 2.45) is 5.10 Å². The molecule has 1 aromatic heterocycles. The Morgan fingerprint density at radius 1 is 0.971 bits per heavy atom. The minimum atomic E-state index is -0.590. The lowest BCUT2D eigenvalue weighted by Gasteiger charge is -2.13. The first-order valence-electron chi connectivity index (χ1n) is 11.2. The Bertz CT molecular complexity index is 1280. The van der Waals surface area contributed by atoms with Crippen molar-refractivity contribution in [3.8, 4) is 5.75 Å². The third kappa shape index (κ3) is 5.40. The number of nitrogens with one attached hydrogen (secondary N) is 3. The van der Waals surface area contributed by atoms with Crippen LogP contribution in [0.3, 0.4) is 0 Å². The van der Waals surface area contributed by atoms with Gasteiger partial charge in [-0.05, 0) is 37.5 Å². The van der Waals surface area contributed by atoms with Crippen LogP contribution in [0.2, 0.25) is 0 Å². The average Bonchev–Trinajstić information content (AvgIpc) is 3.23. The van der Waals surface area contributed by atoms with Crippen LogP contribution in [0.25, 0.3) is 0 Å². The number of hydrazone groups is 1. The van der Waals surface area contributed by atoms with E-state index in [9.17, 15) is 14.4 Å². The van der Waals surface area contributed by atoms with Gasteiger partial charge >= 0.3 is 5.91 Å². The lowest BCUT2D eigenvalue weighted by atomic mass is 9.93. The second-order valence-electron chi connectivity index (χ2n) is 8.07. The number of carbonyl (C=O) groups excluding carboxylic acids is 3. The minimum Gasteiger partial charge on any atom is -0.496 e. The number of carbonyl (C=O) groups is 3.